The van der Waals surface area contributed by atoms with Crippen molar-refractivity contribution in [1.29, 1.82) is 0 Å². The van der Waals surface area contributed by atoms with Crippen molar-refractivity contribution in [2.45, 2.75) is 52.4 Å². The highest BCUT2D eigenvalue weighted by Gasteiger charge is 2.17. The summed E-state index contributed by atoms with van der Waals surface area (Å²) in [5, 5.41) is 0.494. The van der Waals surface area contributed by atoms with Crippen molar-refractivity contribution in [1.82, 2.24) is 4.98 Å². The van der Waals surface area contributed by atoms with Crippen molar-refractivity contribution in [3.8, 4) is 5.75 Å². The highest BCUT2D eigenvalue weighted by molar-refractivity contribution is 5.95. The second-order valence-electron chi connectivity index (χ2n) is 7.47. The molecule has 0 fully saturated rings. The minimum atomic E-state index is -0.471. The zero-order valence-corrected chi connectivity index (χ0v) is 17.7. The third kappa shape index (κ3) is 5.53. The smallest absolute Gasteiger partial charge is 0.343 e. The number of hydrogen-bond donors (Lipinski definition) is 0. The minimum absolute atomic E-state index is 0.357. The Labute approximate surface area is 177 Å². The zero-order valence-electron chi connectivity index (χ0n) is 17.7. The summed E-state index contributed by atoms with van der Waals surface area (Å²) in [7, 11) is 0. The molecule has 0 saturated heterocycles. The van der Waals surface area contributed by atoms with Crippen LogP contribution in [0.4, 0.5) is 4.39 Å². The van der Waals surface area contributed by atoms with Crippen LogP contribution < -0.4 is 4.74 Å². The summed E-state index contributed by atoms with van der Waals surface area (Å²) in [6.45, 7) is 4.06. The van der Waals surface area contributed by atoms with Gasteiger partial charge in [0.1, 0.15) is 11.6 Å². The first kappa shape index (κ1) is 21.7. The highest BCUT2D eigenvalue weighted by atomic mass is 19.1. The largest absolute Gasteiger partial charge is 0.422 e. The molecular weight excluding hydrogens is 377 g/mol. The molecule has 0 aliphatic rings. The molecule has 2 aromatic carbocycles. The number of rotatable bonds is 9. The van der Waals surface area contributed by atoms with Crippen LogP contribution in [0.15, 0.2) is 54.6 Å². The van der Waals surface area contributed by atoms with Gasteiger partial charge in [0.25, 0.3) is 0 Å². The van der Waals surface area contributed by atoms with Crippen molar-refractivity contribution in [3.63, 3.8) is 0 Å². The summed E-state index contributed by atoms with van der Waals surface area (Å²) >= 11 is 0. The fourth-order valence-electron chi connectivity index (χ4n) is 3.40. The third-order valence-electron chi connectivity index (χ3n) is 5.12. The van der Waals surface area contributed by atoms with E-state index in [4.69, 9.17) is 4.74 Å². The molecule has 0 aliphatic carbocycles. The van der Waals surface area contributed by atoms with E-state index in [1.54, 1.807) is 30.3 Å². The molecule has 30 heavy (non-hydrogen) atoms. The molecule has 0 unspecified atom stereocenters. The lowest BCUT2D eigenvalue weighted by molar-refractivity contribution is 0.0736. The number of allylic oxidation sites excluding steroid dienone is 1. The number of esters is 1. The Hall–Kier alpha value is -3.01. The summed E-state index contributed by atoms with van der Waals surface area (Å²) in [6.07, 6.45) is 11.2. The van der Waals surface area contributed by atoms with Crippen LogP contribution in [0.5, 0.6) is 5.75 Å². The molecular formula is C26H28FNO2. The van der Waals surface area contributed by atoms with Gasteiger partial charge in [0.05, 0.1) is 16.8 Å². The standard InChI is InChI=1S/C26H28FNO2/c1-3-4-5-6-7-8-12-15-23-19(2)25(22-18-21(27)16-17-24(22)28-23)30-26(29)20-13-10-9-11-14-20/h9-18H,3-8H2,1-2H3/b15-12-. The maximum absolute atomic E-state index is 13.9. The Morgan fingerprint density at radius 2 is 1.83 bits per heavy atom. The van der Waals surface area contributed by atoms with Crippen LogP contribution in [0.25, 0.3) is 17.0 Å². The third-order valence-corrected chi connectivity index (χ3v) is 5.12. The molecule has 0 aliphatic heterocycles. The van der Waals surface area contributed by atoms with E-state index >= 15 is 0 Å². The number of benzene rings is 2. The van der Waals surface area contributed by atoms with Gasteiger partial charge >= 0.3 is 5.97 Å². The van der Waals surface area contributed by atoms with Gasteiger partial charge in [0, 0.05) is 10.9 Å². The minimum Gasteiger partial charge on any atom is -0.422 e. The summed E-state index contributed by atoms with van der Waals surface area (Å²) in [4.78, 5) is 17.3. The zero-order chi connectivity index (χ0) is 21.3. The predicted molar refractivity (Wildman–Crippen MR) is 120 cm³/mol. The fraction of sp³-hybridized carbons (Fsp3) is 0.308. The van der Waals surface area contributed by atoms with E-state index in [9.17, 15) is 9.18 Å². The Kier molecular flexibility index (Phi) is 7.72. The first-order chi connectivity index (χ1) is 14.6. The molecule has 3 rings (SSSR count). The van der Waals surface area contributed by atoms with Crippen molar-refractivity contribution < 1.29 is 13.9 Å². The van der Waals surface area contributed by atoms with Crippen LogP contribution in [-0.2, 0) is 0 Å². The second kappa shape index (κ2) is 10.7. The molecule has 0 saturated carbocycles. The number of pyridine rings is 1. The Morgan fingerprint density at radius 3 is 2.60 bits per heavy atom. The van der Waals surface area contributed by atoms with E-state index in [0.717, 1.165) is 24.1 Å². The molecule has 0 atom stereocenters. The number of carbonyl (C=O) groups is 1. The van der Waals surface area contributed by atoms with Crippen LogP contribution in [0.2, 0.25) is 0 Å². The van der Waals surface area contributed by atoms with Gasteiger partial charge in [-0.05, 0) is 56.2 Å². The van der Waals surface area contributed by atoms with Gasteiger partial charge in [0.2, 0.25) is 0 Å². The topological polar surface area (TPSA) is 39.2 Å². The number of carbonyl (C=O) groups excluding carboxylic acids is 1. The van der Waals surface area contributed by atoms with E-state index in [2.05, 4.69) is 18.0 Å². The van der Waals surface area contributed by atoms with Crippen molar-refractivity contribution >= 4 is 22.9 Å². The van der Waals surface area contributed by atoms with E-state index in [1.807, 2.05) is 19.1 Å². The summed E-state index contributed by atoms with van der Waals surface area (Å²) in [5.41, 5.74) is 2.50. The molecule has 0 N–H and O–H groups in total. The van der Waals surface area contributed by atoms with Crippen molar-refractivity contribution in [2.24, 2.45) is 0 Å². The number of halogens is 1. The Bertz CT molecular complexity index is 1030. The van der Waals surface area contributed by atoms with E-state index < -0.39 is 11.8 Å². The molecule has 3 nitrogen and oxygen atoms in total. The Balaban J connectivity index is 1.87. The molecule has 1 aromatic heterocycles. The molecule has 0 spiro atoms. The lowest BCUT2D eigenvalue weighted by Crippen LogP contribution is -2.10. The maximum atomic E-state index is 13.9. The predicted octanol–water partition coefficient (Wildman–Crippen LogP) is 7.28. The van der Waals surface area contributed by atoms with Crippen LogP contribution in [-0.4, -0.2) is 11.0 Å². The summed E-state index contributed by atoms with van der Waals surface area (Å²) in [5.74, 6) is -0.506. The van der Waals surface area contributed by atoms with Crippen LogP contribution >= 0.6 is 0 Å². The number of ether oxygens (including phenoxy) is 1. The molecule has 3 aromatic rings. The summed E-state index contributed by atoms with van der Waals surface area (Å²) < 4.78 is 19.6. The normalized spacial score (nSPS) is 11.3. The molecule has 0 amide bonds. The van der Waals surface area contributed by atoms with Crippen molar-refractivity contribution in [3.05, 3.63) is 77.2 Å². The first-order valence-electron chi connectivity index (χ1n) is 10.6. The molecule has 156 valence electrons. The second-order valence-corrected chi connectivity index (χ2v) is 7.47. The lowest BCUT2D eigenvalue weighted by atomic mass is 10.1. The quantitative estimate of drug-likeness (QED) is 0.277. The van der Waals surface area contributed by atoms with E-state index in [-0.39, 0.29) is 0 Å². The average Bonchev–Trinajstić information content (AvgIpc) is 2.76. The van der Waals surface area contributed by atoms with Gasteiger partial charge in [-0.1, -0.05) is 56.9 Å². The molecule has 0 bridgehead atoms. The first-order valence-corrected chi connectivity index (χ1v) is 10.6. The van der Waals surface area contributed by atoms with Gasteiger partial charge in [0.15, 0.2) is 0 Å². The SMILES string of the molecule is CCCCCCC/C=C\c1nc2ccc(F)cc2c(OC(=O)c2ccccc2)c1C. The van der Waals surface area contributed by atoms with Gasteiger partial charge in [-0.3, -0.25) is 0 Å². The van der Waals surface area contributed by atoms with Gasteiger partial charge in [-0.25, -0.2) is 14.2 Å². The van der Waals surface area contributed by atoms with E-state index in [0.29, 0.717) is 22.2 Å². The van der Waals surface area contributed by atoms with Crippen LogP contribution in [0, 0.1) is 12.7 Å². The average molecular weight is 406 g/mol. The maximum Gasteiger partial charge on any atom is 0.343 e. The molecule has 0 radical (unpaired) electrons. The highest BCUT2D eigenvalue weighted by Crippen LogP contribution is 2.32. The Morgan fingerprint density at radius 1 is 1.07 bits per heavy atom. The van der Waals surface area contributed by atoms with Crippen molar-refractivity contribution in [2.75, 3.05) is 0 Å². The van der Waals surface area contributed by atoms with Gasteiger partial charge in [-0.2, -0.15) is 0 Å². The van der Waals surface area contributed by atoms with E-state index in [1.165, 1.54) is 37.8 Å². The van der Waals surface area contributed by atoms with Gasteiger partial charge in [-0.15, -0.1) is 0 Å². The number of nitrogens with zero attached hydrogens (tertiary/aromatic N) is 1. The lowest BCUT2D eigenvalue weighted by Gasteiger charge is -2.13. The fourth-order valence-corrected chi connectivity index (χ4v) is 3.40. The molecule has 4 heteroatoms. The van der Waals surface area contributed by atoms with Crippen LogP contribution in [0.1, 0.15) is 67.1 Å². The van der Waals surface area contributed by atoms with Gasteiger partial charge < -0.3 is 4.74 Å². The number of fused-ring (bicyclic) bond motifs is 1. The number of unbranched alkanes of at least 4 members (excludes halogenated alkanes) is 5. The number of aromatic nitrogens is 1. The summed E-state index contributed by atoms with van der Waals surface area (Å²) in [6, 6.07) is 13.1. The van der Waals surface area contributed by atoms with Crippen LogP contribution in [0.3, 0.4) is 0 Å². The monoisotopic (exact) mass is 405 g/mol. The number of hydrogen-bond acceptors (Lipinski definition) is 3. The molecule has 1 heterocycles.